The Bertz CT molecular complexity index is 1090. The first-order chi connectivity index (χ1) is 16.0. The van der Waals surface area contributed by atoms with Crippen LogP contribution < -0.4 is 5.32 Å². The van der Waals surface area contributed by atoms with Crippen LogP contribution in [0.25, 0.3) is 0 Å². The Morgan fingerprint density at radius 1 is 1.06 bits per heavy atom. The van der Waals surface area contributed by atoms with E-state index in [9.17, 15) is 9.59 Å². The van der Waals surface area contributed by atoms with Crippen LogP contribution >= 0.6 is 0 Å². The number of hydrogen-bond donors (Lipinski definition) is 1. The number of nitrogens with zero attached hydrogens (tertiary/aromatic N) is 4. The van der Waals surface area contributed by atoms with Crippen LogP contribution in [0.1, 0.15) is 27.3 Å². The van der Waals surface area contributed by atoms with Crippen LogP contribution in [0.5, 0.6) is 0 Å². The van der Waals surface area contributed by atoms with E-state index >= 15 is 0 Å². The van der Waals surface area contributed by atoms with Gasteiger partial charge in [-0.1, -0.05) is 42.5 Å². The highest BCUT2D eigenvalue weighted by molar-refractivity contribution is 5.98. The quantitative estimate of drug-likeness (QED) is 0.606. The van der Waals surface area contributed by atoms with Crippen molar-refractivity contribution in [2.24, 2.45) is 0 Å². The molecule has 7 nitrogen and oxygen atoms in total. The molecule has 1 atom stereocenters. The molecule has 1 aliphatic heterocycles. The van der Waals surface area contributed by atoms with E-state index in [-0.39, 0.29) is 11.8 Å². The molecule has 2 heterocycles. The molecule has 1 saturated heterocycles. The molecule has 4 rings (SSSR count). The first kappa shape index (κ1) is 22.7. The fraction of sp³-hybridized carbons (Fsp3) is 0.346. The Morgan fingerprint density at radius 3 is 2.58 bits per heavy atom. The van der Waals surface area contributed by atoms with E-state index in [0.29, 0.717) is 25.2 Å². The van der Waals surface area contributed by atoms with Crippen molar-refractivity contribution in [1.29, 1.82) is 0 Å². The number of carbonyl (C=O) groups excluding carboxylic acids is 2. The maximum Gasteiger partial charge on any atom is 0.254 e. The highest BCUT2D eigenvalue weighted by atomic mass is 16.2. The standard InChI is InChI=1S/C26H31N5O2/c1-20-28-12-14-30(20)18-22-9-6-10-23(17-22)26(33)31-16-15-29(19-24(31)25(32)27-2)13-11-21-7-4-3-5-8-21/h3-10,12,14,17,24H,11,13,15-16,18-19H2,1-2H3,(H,27,32)/t24-/m1/s1. The molecule has 2 aromatic carbocycles. The summed E-state index contributed by atoms with van der Waals surface area (Å²) < 4.78 is 2.04. The van der Waals surface area contributed by atoms with Gasteiger partial charge in [-0.2, -0.15) is 0 Å². The molecule has 1 fully saturated rings. The van der Waals surface area contributed by atoms with Crippen molar-refractivity contribution in [1.82, 2.24) is 24.7 Å². The molecule has 2 amide bonds. The second kappa shape index (κ2) is 10.4. The van der Waals surface area contributed by atoms with Crippen molar-refractivity contribution >= 4 is 11.8 Å². The van der Waals surface area contributed by atoms with Crippen molar-refractivity contribution in [2.45, 2.75) is 25.9 Å². The lowest BCUT2D eigenvalue weighted by molar-refractivity contribution is -0.127. The lowest BCUT2D eigenvalue weighted by Crippen LogP contribution is -2.60. The predicted molar refractivity (Wildman–Crippen MR) is 128 cm³/mol. The molecule has 0 saturated carbocycles. The van der Waals surface area contributed by atoms with Gasteiger partial charge in [0.15, 0.2) is 0 Å². The molecule has 0 aliphatic carbocycles. The molecular weight excluding hydrogens is 414 g/mol. The minimum absolute atomic E-state index is 0.101. The van der Waals surface area contributed by atoms with Crippen molar-refractivity contribution in [3.8, 4) is 0 Å². The monoisotopic (exact) mass is 445 g/mol. The maximum atomic E-state index is 13.4. The van der Waals surface area contributed by atoms with E-state index in [1.54, 1.807) is 18.1 Å². The van der Waals surface area contributed by atoms with Crippen LogP contribution in [-0.2, 0) is 17.8 Å². The van der Waals surface area contributed by atoms with Crippen molar-refractivity contribution in [3.05, 3.63) is 89.5 Å². The van der Waals surface area contributed by atoms with Crippen molar-refractivity contribution in [2.75, 3.05) is 33.2 Å². The lowest BCUT2D eigenvalue weighted by atomic mass is 10.1. The third kappa shape index (κ3) is 5.49. The van der Waals surface area contributed by atoms with E-state index < -0.39 is 6.04 Å². The Kier molecular flexibility index (Phi) is 7.19. The number of amides is 2. The molecule has 3 aromatic rings. The number of aromatic nitrogens is 2. The first-order valence-electron chi connectivity index (χ1n) is 11.4. The largest absolute Gasteiger partial charge is 0.357 e. The van der Waals surface area contributed by atoms with E-state index in [4.69, 9.17) is 0 Å². The molecule has 1 aliphatic rings. The topological polar surface area (TPSA) is 70.5 Å². The number of nitrogens with one attached hydrogen (secondary N) is 1. The van der Waals surface area contributed by atoms with E-state index in [1.807, 2.05) is 60.2 Å². The number of rotatable bonds is 7. The number of imidazole rings is 1. The zero-order valence-electron chi connectivity index (χ0n) is 19.3. The fourth-order valence-electron chi connectivity index (χ4n) is 4.34. The third-order valence-electron chi connectivity index (χ3n) is 6.28. The van der Waals surface area contributed by atoms with Gasteiger partial charge in [-0.3, -0.25) is 14.5 Å². The van der Waals surface area contributed by atoms with Crippen molar-refractivity contribution in [3.63, 3.8) is 0 Å². The number of hydrogen-bond acceptors (Lipinski definition) is 4. The number of carbonyl (C=O) groups is 2. The minimum Gasteiger partial charge on any atom is -0.357 e. The molecule has 0 bridgehead atoms. The Balaban J connectivity index is 1.45. The number of piperazine rings is 1. The van der Waals surface area contributed by atoms with Gasteiger partial charge < -0.3 is 14.8 Å². The first-order valence-corrected chi connectivity index (χ1v) is 11.4. The second-order valence-electron chi connectivity index (χ2n) is 8.47. The molecule has 0 spiro atoms. The Hall–Kier alpha value is -3.45. The zero-order chi connectivity index (χ0) is 23.2. The van der Waals surface area contributed by atoms with Gasteiger partial charge in [-0.15, -0.1) is 0 Å². The van der Waals surface area contributed by atoms with E-state index in [2.05, 4.69) is 27.3 Å². The summed E-state index contributed by atoms with van der Waals surface area (Å²) >= 11 is 0. The van der Waals surface area contributed by atoms with Gasteiger partial charge in [0.25, 0.3) is 5.91 Å². The summed E-state index contributed by atoms with van der Waals surface area (Å²) in [6.45, 7) is 5.28. The summed E-state index contributed by atoms with van der Waals surface area (Å²) in [5, 5.41) is 2.74. The van der Waals surface area contributed by atoms with Gasteiger partial charge in [0.1, 0.15) is 11.9 Å². The summed E-state index contributed by atoms with van der Waals surface area (Å²) in [4.78, 5) is 34.4. The average Bonchev–Trinajstić information content (AvgIpc) is 3.26. The summed E-state index contributed by atoms with van der Waals surface area (Å²) in [6, 6.07) is 17.5. The van der Waals surface area contributed by atoms with Crippen molar-refractivity contribution < 1.29 is 9.59 Å². The molecule has 7 heteroatoms. The smallest absolute Gasteiger partial charge is 0.254 e. The second-order valence-corrected chi connectivity index (χ2v) is 8.47. The summed E-state index contributed by atoms with van der Waals surface area (Å²) in [5.41, 5.74) is 2.91. The molecule has 0 radical (unpaired) electrons. The predicted octanol–water partition coefficient (Wildman–Crippen LogP) is 2.35. The lowest BCUT2D eigenvalue weighted by Gasteiger charge is -2.40. The summed E-state index contributed by atoms with van der Waals surface area (Å²) in [7, 11) is 1.63. The van der Waals surface area contributed by atoms with Gasteiger partial charge in [-0.05, 0) is 36.6 Å². The SMILES string of the molecule is CNC(=O)[C@H]1CN(CCc2ccccc2)CCN1C(=O)c1cccc(Cn2ccnc2C)c1. The maximum absolute atomic E-state index is 13.4. The van der Waals surface area contributed by atoms with Crippen LogP contribution in [0.15, 0.2) is 67.0 Å². The number of likely N-dealkylation sites (N-methyl/N-ethyl adjacent to an activating group) is 1. The third-order valence-corrected chi connectivity index (χ3v) is 6.28. The molecular formula is C26H31N5O2. The number of aryl methyl sites for hydroxylation is 1. The summed E-state index contributed by atoms with van der Waals surface area (Å²) in [5.74, 6) is 0.700. The van der Waals surface area contributed by atoms with Crippen LogP contribution in [-0.4, -0.2) is 70.4 Å². The summed E-state index contributed by atoms with van der Waals surface area (Å²) in [6.07, 6.45) is 4.63. The Morgan fingerprint density at radius 2 is 1.85 bits per heavy atom. The highest BCUT2D eigenvalue weighted by Crippen LogP contribution is 2.17. The molecule has 1 N–H and O–H groups in total. The van der Waals surface area contributed by atoms with Gasteiger partial charge in [0, 0.05) is 57.7 Å². The van der Waals surface area contributed by atoms with Crippen LogP contribution in [0, 0.1) is 6.92 Å². The zero-order valence-corrected chi connectivity index (χ0v) is 19.3. The molecule has 172 valence electrons. The van der Waals surface area contributed by atoms with Gasteiger partial charge >= 0.3 is 0 Å². The van der Waals surface area contributed by atoms with Crippen LogP contribution in [0.2, 0.25) is 0 Å². The average molecular weight is 446 g/mol. The van der Waals surface area contributed by atoms with Crippen LogP contribution in [0.3, 0.4) is 0 Å². The number of benzene rings is 2. The Labute approximate surface area is 195 Å². The van der Waals surface area contributed by atoms with E-state index in [0.717, 1.165) is 30.9 Å². The highest BCUT2D eigenvalue weighted by Gasteiger charge is 2.35. The van der Waals surface area contributed by atoms with Gasteiger partial charge in [0.2, 0.25) is 5.91 Å². The van der Waals surface area contributed by atoms with Gasteiger partial charge in [0.05, 0.1) is 0 Å². The van der Waals surface area contributed by atoms with E-state index in [1.165, 1.54) is 5.56 Å². The normalized spacial score (nSPS) is 16.5. The molecule has 0 unspecified atom stereocenters. The van der Waals surface area contributed by atoms with Crippen LogP contribution in [0.4, 0.5) is 0 Å². The fourth-order valence-corrected chi connectivity index (χ4v) is 4.34. The molecule has 33 heavy (non-hydrogen) atoms. The molecule has 1 aromatic heterocycles. The van der Waals surface area contributed by atoms with Gasteiger partial charge in [-0.25, -0.2) is 4.98 Å². The minimum atomic E-state index is -0.508.